The Kier molecular flexibility index (Phi) is 9.31. The summed E-state index contributed by atoms with van der Waals surface area (Å²) in [5, 5.41) is 4.64. The normalized spacial score (nSPS) is 11.9. The van der Waals surface area contributed by atoms with E-state index >= 15 is 0 Å². The number of rotatable bonds is 11. The number of halogens is 1. The first-order chi connectivity index (χ1) is 14.0. The van der Waals surface area contributed by atoms with Crippen molar-refractivity contribution < 1.29 is 19.0 Å². The Bertz CT molecular complexity index is 809. The summed E-state index contributed by atoms with van der Waals surface area (Å²) in [4.78, 5) is 12.2. The van der Waals surface area contributed by atoms with Crippen LogP contribution in [0.4, 0.5) is 0 Å². The second kappa shape index (κ2) is 12.0. The van der Waals surface area contributed by atoms with E-state index in [1.165, 1.54) is 0 Å². The van der Waals surface area contributed by atoms with Gasteiger partial charge in [0.1, 0.15) is 17.2 Å². The van der Waals surface area contributed by atoms with Gasteiger partial charge in [0.25, 0.3) is 5.91 Å². The van der Waals surface area contributed by atoms with Gasteiger partial charge in [-0.1, -0.05) is 25.4 Å². The maximum Gasteiger partial charge on any atom is 0.280 e. The maximum atomic E-state index is 12.2. The highest BCUT2D eigenvalue weighted by atomic mass is 35.5. The minimum absolute atomic E-state index is 0.366. The summed E-state index contributed by atoms with van der Waals surface area (Å²) in [7, 11) is 0. The van der Waals surface area contributed by atoms with Gasteiger partial charge in [-0.05, 0) is 56.2 Å². The molecule has 2 aromatic carbocycles. The minimum atomic E-state index is -0.714. The van der Waals surface area contributed by atoms with Crippen LogP contribution in [0.2, 0.25) is 5.02 Å². The number of benzene rings is 2. The van der Waals surface area contributed by atoms with Crippen LogP contribution in [0.25, 0.3) is 0 Å². The third-order valence-corrected chi connectivity index (χ3v) is 4.05. The summed E-state index contributed by atoms with van der Waals surface area (Å²) in [5.74, 6) is 1.59. The summed E-state index contributed by atoms with van der Waals surface area (Å²) in [6.07, 6.45) is 2.64. The molecule has 7 heteroatoms. The van der Waals surface area contributed by atoms with Gasteiger partial charge in [0.05, 0.1) is 19.4 Å². The fraction of sp³-hybridized carbons (Fsp3) is 0.364. The van der Waals surface area contributed by atoms with Crippen LogP contribution >= 0.6 is 11.6 Å². The molecule has 0 fully saturated rings. The zero-order valence-corrected chi connectivity index (χ0v) is 17.7. The van der Waals surface area contributed by atoms with Gasteiger partial charge >= 0.3 is 0 Å². The first-order valence-corrected chi connectivity index (χ1v) is 10.1. The second-order valence-corrected chi connectivity index (χ2v) is 6.78. The molecular formula is C22H27ClN2O4. The average Bonchev–Trinajstić information content (AvgIpc) is 2.73. The standard InChI is InChI=1S/C22H27ClN2O4/c1-4-12-27-20-9-6-17(21(14-20)28-13-5-2)15-24-25-22(26)16(3)29-19-10-7-18(23)8-11-19/h6-11,14-16H,4-5,12-13H2,1-3H3,(H,25,26)/b24-15-/t16-/m1/s1. The van der Waals surface area contributed by atoms with Crippen molar-refractivity contribution in [2.45, 2.75) is 39.7 Å². The fourth-order valence-corrected chi connectivity index (χ4v) is 2.42. The number of hydrogen-bond donors (Lipinski definition) is 1. The smallest absolute Gasteiger partial charge is 0.280 e. The van der Waals surface area contributed by atoms with Crippen LogP contribution in [-0.2, 0) is 4.79 Å². The van der Waals surface area contributed by atoms with Crippen molar-refractivity contribution >= 4 is 23.7 Å². The number of carbonyl (C=O) groups is 1. The van der Waals surface area contributed by atoms with E-state index in [2.05, 4.69) is 17.5 Å². The molecule has 6 nitrogen and oxygen atoms in total. The van der Waals surface area contributed by atoms with Gasteiger partial charge < -0.3 is 14.2 Å². The summed E-state index contributed by atoms with van der Waals surface area (Å²) < 4.78 is 17.0. The van der Waals surface area contributed by atoms with Gasteiger partial charge in [0, 0.05) is 16.7 Å². The van der Waals surface area contributed by atoms with E-state index in [0.717, 1.165) is 24.2 Å². The Morgan fingerprint density at radius 1 is 1.07 bits per heavy atom. The molecule has 0 saturated carbocycles. The van der Waals surface area contributed by atoms with E-state index in [0.29, 0.717) is 29.7 Å². The Morgan fingerprint density at radius 2 is 1.72 bits per heavy atom. The van der Waals surface area contributed by atoms with Crippen LogP contribution in [-0.4, -0.2) is 31.4 Å². The lowest BCUT2D eigenvalue weighted by molar-refractivity contribution is -0.127. The van der Waals surface area contributed by atoms with E-state index in [1.54, 1.807) is 37.4 Å². The summed E-state index contributed by atoms with van der Waals surface area (Å²) in [6, 6.07) is 12.3. The maximum absolute atomic E-state index is 12.2. The summed E-state index contributed by atoms with van der Waals surface area (Å²) in [6.45, 7) is 6.96. The zero-order chi connectivity index (χ0) is 21.1. The lowest BCUT2D eigenvalue weighted by Gasteiger charge is -2.13. The molecule has 0 aliphatic rings. The largest absolute Gasteiger partial charge is 0.493 e. The molecule has 0 aliphatic heterocycles. The number of hydrazone groups is 1. The quantitative estimate of drug-likeness (QED) is 0.419. The van der Waals surface area contributed by atoms with Crippen molar-refractivity contribution in [2.24, 2.45) is 5.10 Å². The van der Waals surface area contributed by atoms with Gasteiger partial charge in [-0.3, -0.25) is 4.79 Å². The highest BCUT2D eigenvalue weighted by molar-refractivity contribution is 6.30. The molecule has 29 heavy (non-hydrogen) atoms. The third-order valence-electron chi connectivity index (χ3n) is 3.79. The average molecular weight is 419 g/mol. The van der Waals surface area contributed by atoms with Gasteiger partial charge in [0.15, 0.2) is 6.10 Å². The predicted molar refractivity (Wildman–Crippen MR) is 115 cm³/mol. The number of ether oxygens (including phenoxy) is 3. The lowest BCUT2D eigenvalue weighted by atomic mass is 10.2. The molecule has 0 aliphatic carbocycles. The fourth-order valence-electron chi connectivity index (χ4n) is 2.30. The van der Waals surface area contributed by atoms with Crippen molar-refractivity contribution in [2.75, 3.05) is 13.2 Å². The SMILES string of the molecule is CCCOc1ccc(/C=N\NC(=O)[C@@H](C)Oc2ccc(Cl)cc2)c(OCCC)c1. The van der Waals surface area contributed by atoms with E-state index in [4.69, 9.17) is 25.8 Å². The molecule has 0 radical (unpaired) electrons. The third kappa shape index (κ3) is 7.66. The van der Waals surface area contributed by atoms with Crippen LogP contribution in [0.15, 0.2) is 47.6 Å². The van der Waals surface area contributed by atoms with E-state index in [9.17, 15) is 4.79 Å². The van der Waals surface area contributed by atoms with E-state index in [1.807, 2.05) is 25.1 Å². The molecule has 0 saturated heterocycles. The monoisotopic (exact) mass is 418 g/mol. The van der Waals surface area contributed by atoms with Crippen molar-refractivity contribution in [1.29, 1.82) is 0 Å². The van der Waals surface area contributed by atoms with Crippen LogP contribution < -0.4 is 19.6 Å². The molecule has 1 atom stereocenters. The van der Waals surface area contributed by atoms with Gasteiger partial charge in [0.2, 0.25) is 0 Å². The van der Waals surface area contributed by atoms with Crippen LogP contribution in [0.3, 0.4) is 0 Å². The molecule has 1 N–H and O–H groups in total. The number of nitrogens with one attached hydrogen (secondary N) is 1. The Morgan fingerprint density at radius 3 is 2.41 bits per heavy atom. The number of amides is 1. The Hall–Kier alpha value is -2.73. The van der Waals surface area contributed by atoms with Crippen molar-refractivity contribution in [1.82, 2.24) is 5.43 Å². The van der Waals surface area contributed by atoms with Gasteiger partial charge in [-0.15, -0.1) is 0 Å². The highest BCUT2D eigenvalue weighted by Gasteiger charge is 2.14. The van der Waals surface area contributed by atoms with Crippen molar-refractivity contribution in [3.63, 3.8) is 0 Å². The second-order valence-electron chi connectivity index (χ2n) is 6.34. The molecule has 2 rings (SSSR count). The molecule has 156 valence electrons. The topological polar surface area (TPSA) is 69.2 Å². The summed E-state index contributed by atoms with van der Waals surface area (Å²) >= 11 is 5.84. The van der Waals surface area contributed by atoms with E-state index in [-0.39, 0.29) is 5.91 Å². The zero-order valence-electron chi connectivity index (χ0n) is 17.0. The molecule has 2 aromatic rings. The number of carbonyl (C=O) groups excluding carboxylic acids is 1. The van der Waals surface area contributed by atoms with Gasteiger partial charge in [-0.25, -0.2) is 5.43 Å². The first kappa shape index (κ1) is 22.6. The predicted octanol–water partition coefficient (Wildman–Crippen LogP) is 4.84. The molecule has 0 bridgehead atoms. The number of hydrogen-bond acceptors (Lipinski definition) is 5. The molecule has 0 unspecified atom stereocenters. The Labute approximate surface area is 176 Å². The van der Waals surface area contributed by atoms with Gasteiger partial charge in [-0.2, -0.15) is 5.10 Å². The van der Waals surface area contributed by atoms with Crippen LogP contribution in [0.5, 0.6) is 17.2 Å². The first-order valence-electron chi connectivity index (χ1n) is 9.68. The van der Waals surface area contributed by atoms with Crippen LogP contribution in [0.1, 0.15) is 39.2 Å². The molecule has 0 heterocycles. The van der Waals surface area contributed by atoms with Crippen molar-refractivity contribution in [3.05, 3.63) is 53.1 Å². The Balaban J connectivity index is 1.97. The molecule has 1 amide bonds. The lowest BCUT2D eigenvalue weighted by Crippen LogP contribution is -2.33. The summed E-state index contributed by atoms with van der Waals surface area (Å²) in [5.41, 5.74) is 3.23. The van der Waals surface area contributed by atoms with Crippen LogP contribution in [0, 0.1) is 0 Å². The highest BCUT2D eigenvalue weighted by Crippen LogP contribution is 2.24. The molecular weight excluding hydrogens is 392 g/mol. The van der Waals surface area contributed by atoms with E-state index < -0.39 is 6.10 Å². The molecule has 0 aromatic heterocycles. The van der Waals surface area contributed by atoms with Crippen molar-refractivity contribution in [3.8, 4) is 17.2 Å². The number of nitrogens with zero attached hydrogens (tertiary/aromatic N) is 1. The minimum Gasteiger partial charge on any atom is -0.493 e. The molecule has 0 spiro atoms.